The summed E-state index contributed by atoms with van der Waals surface area (Å²) in [5.41, 5.74) is 0. The standard InChI is InChI=1S/C12H23NO3/c1-3-4-9-16-12(15)13-7-5-11(6-8-13)10(2)14/h10-11,14H,3-9H2,1-2H3. The van der Waals surface area contributed by atoms with Gasteiger partial charge in [-0.25, -0.2) is 4.79 Å². The molecule has 4 nitrogen and oxygen atoms in total. The van der Waals surface area contributed by atoms with E-state index in [4.69, 9.17) is 4.74 Å². The van der Waals surface area contributed by atoms with Gasteiger partial charge in [-0.2, -0.15) is 0 Å². The van der Waals surface area contributed by atoms with Gasteiger partial charge < -0.3 is 14.7 Å². The second kappa shape index (κ2) is 6.74. The Labute approximate surface area is 97.6 Å². The van der Waals surface area contributed by atoms with Crippen molar-refractivity contribution in [3.63, 3.8) is 0 Å². The van der Waals surface area contributed by atoms with E-state index in [2.05, 4.69) is 6.92 Å². The number of piperidine rings is 1. The molecule has 16 heavy (non-hydrogen) atoms. The number of aliphatic hydroxyl groups is 1. The first-order chi connectivity index (χ1) is 7.65. The lowest BCUT2D eigenvalue weighted by Gasteiger charge is -2.32. The number of unbranched alkanes of at least 4 members (excludes halogenated alkanes) is 1. The molecule has 0 radical (unpaired) electrons. The predicted octanol–water partition coefficient (Wildman–Crippen LogP) is 2.02. The highest BCUT2D eigenvalue weighted by Crippen LogP contribution is 2.20. The molecule has 4 heteroatoms. The molecule has 1 N–H and O–H groups in total. The largest absolute Gasteiger partial charge is 0.449 e. The van der Waals surface area contributed by atoms with Crippen LogP contribution in [0.2, 0.25) is 0 Å². The molecule has 1 fully saturated rings. The quantitative estimate of drug-likeness (QED) is 0.750. The molecule has 0 saturated carbocycles. The van der Waals surface area contributed by atoms with Gasteiger partial charge in [0.1, 0.15) is 0 Å². The summed E-state index contributed by atoms with van der Waals surface area (Å²) in [5, 5.41) is 9.44. The zero-order chi connectivity index (χ0) is 12.0. The minimum absolute atomic E-state index is 0.197. The van der Waals surface area contributed by atoms with Crippen molar-refractivity contribution in [3.05, 3.63) is 0 Å². The van der Waals surface area contributed by atoms with Gasteiger partial charge in [0.15, 0.2) is 0 Å². The molecule has 1 unspecified atom stereocenters. The lowest BCUT2D eigenvalue weighted by molar-refractivity contribution is 0.0549. The van der Waals surface area contributed by atoms with Crippen LogP contribution < -0.4 is 0 Å². The molecule has 0 aliphatic carbocycles. The number of hydrogen-bond donors (Lipinski definition) is 1. The number of likely N-dealkylation sites (tertiary alicyclic amines) is 1. The SMILES string of the molecule is CCCCOC(=O)N1CCC(C(C)O)CC1. The second-order valence-electron chi connectivity index (χ2n) is 4.53. The number of aliphatic hydroxyl groups excluding tert-OH is 1. The van der Waals surface area contributed by atoms with Gasteiger partial charge in [0.05, 0.1) is 12.7 Å². The van der Waals surface area contributed by atoms with Gasteiger partial charge in [-0.3, -0.25) is 0 Å². The van der Waals surface area contributed by atoms with Crippen molar-refractivity contribution < 1.29 is 14.6 Å². The van der Waals surface area contributed by atoms with Gasteiger partial charge in [-0.15, -0.1) is 0 Å². The molecule has 1 heterocycles. The Morgan fingerprint density at radius 2 is 2.12 bits per heavy atom. The maximum atomic E-state index is 11.6. The molecule has 1 rings (SSSR count). The number of carbonyl (C=O) groups excluding carboxylic acids is 1. The Kier molecular flexibility index (Phi) is 5.60. The molecule has 1 amide bonds. The maximum Gasteiger partial charge on any atom is 0.409 e. The van der Waals surface area contributed by atoms with Crippen LogP contribution in [0.4, 0.5) is 4.79 Å². The molecule has 0 spiro atoms. The molecule has 1 saturated heterocycles. The Balaban J connectivity index is 2.22. The Bertz CT molecular complexity index is 210. The first kappa shape index (κ1) is 13.3. The molecule has 0 aromatic carbocycles. The van der Waals surface area contributed by atoms with E-state index in [0.29, 0.717) is 25.6 Å². The van der Waals surface area contributed by atoms with Gasteiger partial charge >= 0.3 is 6.09 Å². The minimum atomic E-state index is -0.265. The average molecular weight is 229 g/mol. The van der Waals surface area contributed by atoms with Crippen LogP contribution in [-0.2, 0) is 4.74 Å². The van der Waals surface area contributed by atoms with Crippen molar-refractivity contribution in [1.29, 1.82) is 0 Å². The van der Waals surface area contributed by atoms with Gasteiger partial charge in [-0.1, -0.05) is 13.3 Å². The van der Waals surface area contributed by atoms with Crippen LogP contribution in [0.1, 0.15) is 39.5 Å². The molecule has 94 valence electrons. The van der Waals surface area contributed by atoms with Gasteiger partial charge in [0.2, 0.25) is 0 Å². The van der Waals surface area contributed by atoms with E-state index in [0.717, 1.165) is 25.7 Å². The number of nitrogens with zero attached hydrogens (tertiary/aromatic N) is 1. The van der Waals surface area contributed by atoms with Crippen molar-refractivity contribution in [3.8, 4) is 0 Å². The zero-order valence-corrected chi connectivity index (χ0v) is 10.3. The molecule has 1 atom stereocenters. The van der Waals surface area contributed by atoms with Crippen molar-refractivity contribution >= 4 is 6.09 Å². The van der Waals surface area contributed by atoms with Gasteiger partial charge in [0.25, 0.3) is 0 Å². The molecular formula is C12H23NO3. The lowest BCUT2D eigenvalue weighted by Crippen LogP contribution is -2.41. The summed E-state index contributed by atoms with van der Waals surface area (Å²) >= 11 is 0. The smallest absolute Gasteiger partial charge is 0.409 e. The first-order valence-corrected chi connectivity index (χ1v) is 6.25. The Hall–Kier alpha value is -0.770. The van der Waals surface area contributed by atoms with E-state index in [1.807, 2.05) is 6.92 Å². The molecular weight excluding hydrogens is 206 g/mol. The third kappa shape index (κ3) is 4.00. The summed E-state index contributed by atoms with van der Waals surface area (Å²) in [5.74, 6) is 0.333. The van der Waals surface area contributed by atoms with Crippen LogP contribution >= 0.6 is 0 Å². The molecule has 0 aromatic rings. The summed E-state index contributed by atoms with van der Waals surface area (Å²) in [4.78, 5) is 13.3. The zero-order valence-electron chi connectivity index (χ0n) is 10.3. The third-order valence-electron chi connectivity index (χ3n) is 3.20. The summed E-state index contributed by atoms with van der Waals surface area (Å²) in [6, 6.07) is 0. The number of rotatable bonds is 4. The van der Waals surface area contributed by atoms with Crippen LogP contribution in [0.3, 0.4) is 0 Å². The maximum absolute atomic E-state index is 11.6. The number of ether oxygens (including phenoxy) is 1. The lowest BCUT2D eigenvalue weighted by atomic mass is 9.92. The van der Waals surface area contributed by atoms with Crippen LogP contribution in [0.15, 0.2) is 0 Å². The summed E-state index contributed by atoms with van der Waals surface area (Å²) in [7, 11) is 0. The molecule has 1 aliphatic heterocycles. The van der Waals surface area contributed by atoms with Gasteiger partial charge in [0, 0.05) is 13.1 Å². The predicted molar refractivity (Wildman–Crippen MR) is 62.2 cm³/mol. The van der Waals surface area contributed by atoms with Crippen molar-refractivity contribution in [2.45, 2.75) is 45.6 Å². The average Bonchev–Trinajstić information content (AvgIpc) is 2.29. The highest BCUT2D eigenvalue weighted by molar-refractivity contribution is 5.67. The fraction of sp³-hybridized carbons (Fsp3) is 0.917. The van der Waals surface area contributed by atoms with Crippen LogP contribution in [0, 0.1) is 5.92 Å². The monoisotopic (exact) mass is 229 g/mol. The molecule has 0 aromatic heterocycles. The van der Waals surface area contributed by atoms with Crippen LogP contribution in [0.5, 0.6) is 0 Å². The third-order valence-corrected chi connectivity index (χ3v) is 3.20. The Morgan fingerprint density at radius 3 is 2.62 bits per heavy atom. The van der Waals surface area contributed by atoms with E-state index in [-0.39, 0.29) is 12.2 Å². The van der Waals surface area contributed by atoms with E-state index < -0.39 is 0 Å². The highest BCUT2D eigenvalue weighted by Gasteiger charge is 2.25. The van der Waals surface area contributed by atoms with Crippen LogP contribution in [0.25, 0.3) is 0 Å². The minimum Gasteiger partial charge on any atom is -0.449 e. The van der Waals surface area contributed by atoms with E-state index in [1.165, 1.54) is 0 Å². The van der Waals surface area contributed by atoms with Crippen molar-refractivity contribution in [2.24, 2.45) is 5.92 Å². The Morgan fingerprint density at radius 1 is 1.50 bits per heavy atom. The fourth-order valence-electron chi connectivity index (χ4n) is 1.96. The van der Waals surface area contributed by atoms with Crippen molar-refractivity contribution in [2.75, 3.05) is 19.7 Å². The summed E-state index contributed by atoms with van der Waals surface area (Å²) in [6.07, 6.45) is 3.25. The normalized spacial score (nSPS) is 19.6. The molecule has 0 bridgehead atoms. The van der Waals surface area contributed by atoms with Crippen molar-refractivity contribution in [1.82, 2.24) is 4.90 Å². The van der Waals surface area contributed by atoms with E-state index in [9.17, 15) is 9.90 Å². The van der Waals surface area contributed by atoms with E-state index in [1.54, 1.807) is 4.90 Å². The summed E-state index contributed by atoms with van der Waals surface area (Å²) < 4.78 is 5.14. The second-order valence-corrected chi connectivity index (χ2v) is 4.53. The number of hydrogen-bond acceptors (Lipinski definition) is 3. The number of amides is 1. The fourth-order valence-corrected chi connectivity index (χ4v) is 1.96. The van der Waals surface area contributed by atoms with E-state index >= 15 is 0 Å². The molecule has 1 aliphatic rings. The summed E-state index contributed by atoms with van der Waals surface area (Å²) in [6.45, 7) is 5.83. The number of carbonyl (C=O) groups is 1. The first-order valence-electron chi connectivity index (χ1n) is 6.25. The highest BCUT2D eigenvalue weighted by atomic mass is 16.6. The van der Waals surface area contributed by atoms with Crippen LogP contribution in [-0.4, -0.2) is 41.9 Å². The van der Waals surface area contributed by atoms with Gasteiger partial charge in [-0.05, 0) is 32.1 Å². The topological polar surface area (TPSA) is 49.8 Å².